The second kappa shape index (κ2) is 10.5. The minimum atomic E-state index is -0.171. The van der Waals surface area contributed by atoms with Gasteiger partial charge < -0.3 is 19.9 Å². The number of likely N-dealkylation sites (tertiary alicyclic amines) is 1. The number of aliphatic hydroxyl groups excluding tert-OH is 1. The first-order chi connectivity index (χ1) is 17.1. The smallest absolute Gasteiger partial charge is 0.252 e. The van der Waals surface area contributed by atoms with Gasteiger partial charge in [0, 0.05) is 24.4 Å². The van der Waals surface area contributed by atoms with Crippen molar-refractivity contribution in [2.75, 3.05) is 33.4 Å². The Bertz CT molecular complexity index is 1140. The van der Waals surface area contributed by atoms with Crippen LogP contribution in [0.1, 0.15) is 45.9 Å². The van der Waals surface area contributed by atoms with Crippen LogP contribution in [-0.4, -0.2) is 55.4 Å². The fourth-order valence-corrected chi connectivity index (χ4v) is 6.45. The Balaban J connectivity index is 1.32. The van der Waals surface area contributed by atoms with Crippen molar-refractivity contribution in [3.8, 4) is 5.75 Å². The Kier molecular flexibility index (Phi) is 7.20. The first-order valence-corrected chi connectivity index (χ1v) is 13.1. The molecule has 1 spiro atoms. The van der Waals surface area contributed by atoms with Crippen LogP contribution in [-0.2, 0) is 16.7 Å². The molecule has 3 aromatic rings. The molecule has 2 heterocycles. The number of methoxy groups -OCH3 is 1. The normalized spacial score (nSPS) is 21.1. The lowest BCUT2D eigenvalue weighted by atomic mass is 9.72. The number of nitrogens with zero attached hydrogens (tertiary/aromatic N) is 1. The lowest BCUT2D eigenvalue weighted by Gasteiger charge is -2.44. The number of thiophene rings is 1. The van der Waals surface area contributed by atoms with E-state index in [0.717, 1.165) is 38.2 Å². The van der Waals surface area contributed by atoms with E-state index < -0.39 is 0 Å². The number of carbonyl (C=O) groups excluding carboxylic acids is 1. The number of hydrogen-bond donors (Lipinski definition) is 2. The predicted molar refractivity (Wildman–Crippen MR) is 137 cm³/mol. The summed E-state index contributed by atoms with van der Waals surface area (Å²) in [6.07, 6.45) is 1.82. The number of fused-ring (bicyclic) bond motifs is 2. The SMILES string of the molecule is CO[C@@H]1[C@@H](NC(=O)c2ccsc2)c2ccccc2C12CCN(Cc1cccc(OCCO)c1)CC2. The number of nitrogens with one attached hydrogen (secondary N) is 1. The van der Waals surface area contributed by atoms with Crippen molar-refractivity contribution >= 4 is 17.2 Å². The molecule has 1 aliphatic carbocycles. The summed E-state index contributed by atoms with van der Waals surface area (Å²) in [7, 11) is 1.77. The summed E-state index contributed by atoms with van der Waals surface area (Å²) >= 11 is 1.53. The zero-order valence-corrected chi connectivity index (χ0v) is 20.8. The van der Waals surface area contributed by atoms with E-state index in [4.69, 9.17) is 14.6 Å². The van der Waals surface area contributed by atoms with Crippen LogP contribution in [0.3, 0.4) is 0 Å². The Morgan fingerprint density at radius 3 is 2.74 bits per heavy atom. The molecule has 0 radical (unpaired) electrons. The van der Waals surface area contributed by atoms with Crippen molar-refractivity contribution in [2.24, 2.45) is 0 Å². The third kappa shape index (κ3) is 4.74. The second-order valence-corrected chi connectivity index (χ2v) is 10.1. The lowest BCUT2D eigenvalue weighted by molar-refractivity contribution is -0.0122. The van der Waals surface area contributed by atoms with Gasteiger partial charge in [0.25, 0.3) is 5.91 Å². The monoisotopic (exact) mass is 492 g/mol. The Hall–Kier alpha value is -2.71. The van der Waals surface area contributed by atoms with E-state index in [9.17, 15) is 4.79 Å². The van der Waals surface area contributed by atoms with Gasteiger partial charge in [-0.1, -0.05) is 36.4 Å². The highest BCUT2D eigenvalue weighted by molar-refractivity contribution is 7.08. The Labute approximate surface area is 210 Å². The maximum Gasteiger partial charge on any atom is 0.252 e. The van der Waals surface area contributed by atoms with Gasteiger partial charge in [-0.3, -0.25) is 9.69 Å². The molecule has 1 amide bonds. The van der Waals surface area contributed by atoms with Gasteiger partial charge in [-0.05, 0) is 66.2 Å². The van der Waals surface area contributed by atoms with E-state index >= 15 is 0 Å². The average Bonchev–Trinajstić information content (AvgIpc) is 3.51. The molecule has 0 saturated carbocycles. The van der Waals surface area contributed by atoms with E-state index in [2.05, 4.69) is 46.6 Å². The van der Waals surface area contributed by atoms with Crippen molar-refractivity contribution in [3.63, 3.8) is 0 Å². The molecule has 0 bridgehead atoms. The number of rotatable bonds is 8. The summed E-state index contributed by atoms with van der Waals surface area (Å²) in [5.74, 6) is 0.740. The molecular formula is C28H32N2O4S. The van der Waals surface area contributed by atoms with Gasteiger partial charge in [0.2, 0.25) is 0 Å². The standard InChI is InChI=1S/C28H32N2O4S/c1-33-26-25(29-27(32)21-9-16-35-19-21)23-7-2-3-8-24(23)28(26)10-12-30(13-11-28)18-20-5-4-6-22(17-20)34-15-14-31/h2-9,16-17,19,25-26,31H,10-15,18H2,1H3,(H,29,32)/t25-,26+/m0/s1. The first-order valence-electron chi connectivity index (χ1n) is 12.1. The molecule has 1 fully saturated rings. The molecule has 2 aromatic carbocycles. The van der Waals surface area contributed by atoms with Crippen LogP contribution in [0.5, 0.6) is 5.75 Å². The van der Waals surface area contributed by atoms with Gasteiger partial charge in [-0.2, -0.15) is 11.3 Å². The van der Waals surface area contributed by atoms with Gasteiger partial charge in [-0.25, -0.2) is 0 Å². The maximum atomic E-state index is 13.0. The number of piperidine rings is 1. The van der Waals surface area contributed by atoms with Crippen molar-refractivity contribution in [1.29, 1.82) is 0 Å². The number of benzene rings is 2. The van der Waals surface area contributed by atoms with Gasteiger partial charge in [0.05, 0.1) is 24.3 Å². The van der Waals surface area contributed by atoms with Crippen LogP contribution in [0.2, 0.25) is 0 Å². The van der Waals surface area contributed by atoms with Crippen LogP contribution in [0.15, 0.2) is 65.4 Å². The van der Waals surface area contributed by atoms with Gasteiger partial charge in [0.1, 0.15) is 12.4 Å². The topological polar surface area (TPSA) is 71.0 Å². The first kappa shape index (κ1) is 24.0. The molecule has 1 saturated heterocycles. The summed E-state index contributed by atoms with van der Waals surface area (Å²) in [5.41, 5.74) is 4.25. The molecule has 2 atom stereocenters. The van der Waals surface area contributed by atoms with E-state index in [0.29, 0.717) is 12.2 Å². The largest absolute Gasteiger partial charge is 0.491 e. The Morgan fingerprint density at radius 2 is 2.00 bits per heavy atom. The van der Waals surface area contributed by atoms with E-state index in [1.807, 2.05) is 29.0 Å². The molecule has 35 heavy (non-hydrogen) atoms. The molecule has 7 heteroatoms. The zero-order chi connectivity index (χ0) is 24.3. The average molecular weight is 493 g/mol. The van der Waals surface area contributed by atoms with Crippen LogP contribution < -0.4 is 10.1 Å². The summed E-state index contributed by atoms with van der Waals surface area (Å²) in [6.45, 7) is 3.05. The molecule has 1 aromatic heterocycles. The third-order valence-corrected chi connectivity index (χ3v) is 8.10. The van der Waals surface area contributed by atoms with Crippen LogP contribution in [0.25, 0.3) is 0 Å². The predicted octanol–water partition coefficient (Wildman–Crippen LogP) is 4.15. The highest BCUT2D eigenvalue weighted by Gasteiger charge is 2.53. The summed E-state index contributed by atoms with van der Waals surface area (Å²) < 4.78 is 11.7. The fourth-order valence-electron chi connectivity index (χ4n) is 5.81. The zero-order valence-electron chi connectivity index (χ0n) is 20.0. The molecule has 6 nitrogen and oxygen atoms in total. The number of amides is 1. The van der Waals surface area contributed by atoms with Crippen LogP contribution >= 0.6 is 11.3 Å². The quantitative estimate of drug-likeness (QED) is 0.494. The van der Waals surface area contributed by atoms with Crippen LogP contribution in [0.4, 0.5) is 0 Å². The minimum Gasteiger partial charge on any atom is -0.491 e. The summed E-state index contributed by atoms with van der Waals surface area (Å²) in [6, 6.07) is 18.3. The summed E-state index contributed by atoms with van der Waals surface area (Å²) in [4.78, 5) is 15.4. The van der Waals surface area contributed by atoms with Crippen molar-refractivity contribution in [1.82, 2.24) is 10.2 Å². The van der Waals surface area contributed by atoms with Crippen LogP contribution in [0, 0.1) is 0 Å². The molecule has 5 rings (SSSR count). The van der Waals surface area contributed by atoms with E-state index in [-0.39, 0.29) is 30.1 Å². The molecule has 2 N–H and O–H groups in total. The van der Waals surface area contributed by atoms with Gasteiger partial charge in [-0.15, -0.1) is 0 Å². The highest BCUT2D eigenvalue weighted by Crippen LogP contribution is 2.52. The van der Waals surface area contributed by atoms with Crippen molar-refractivity contribution < 1.29 is 19.4 Å². The fraction of sp³-hybridized carbons (Fsp3) is 0.393. The number of ether oxygens (including phenoxy) is 2. The second-order valence-electron chi connectivity index (χ2n) is 9.36. The Morgan fingerprint density at radius 1 is 1.17 bits per heavy atom. The van der Waals surface area contributed by atoms with E-state index in [1.165, 1.54) is 28.0 Å². The van der Waals surface area contributed by atoms with Gasteiger partial charge in [0.15, 0.2) is 0 Å². The van der Waals surface area contributed by atoms with Crippen molar-refractivity contribution in [2.45, 2.75) is 36.9 Å². The summed E-state index contributed by atoms with van der Waals surface area (Å²) in [5, 5.41) is 16.1. The lowest BCUT2D eigenvalue weighted by Crippen LogP contribution is -2.50. The van der Waals surface area contributed by atoms with E-state index in [1.54, 1.807) is 7.11 Å². The molecule has 0 unspecified atom stereocenters. The molecule has 2 aliphatic rings. The number of aliphatic hydroxyl groups is 1. The maximum absolute atomic E-state index is 13.0. The number of carbonyl (C=O) groups is 1. The third-order valence-electron chi connectivity index (χ3n) is 7.42. The molecule has 184 valence electrons. The number of hydrogen-bond acceptors (Lipinski definition) is 6. The minimum absolute atomic E-state index is 0.00921. The van der Waals surface area contributed by atoms with Gasteiger partial charge >= 0.3 is 0 Å². The van der Waals surface area contributed by atoms with Crippen molar-refractivity contribution in [3.05, 3.63) is 87.6 Å². The highest BCUT2D eigenvalue weighted by atomic mass is 32.1. The molecular weight excluding hydrogens is 460 g/mol. The molecule has 1 aliphatic heterocycles.